The largest absolute Gasteiger partial charge is 0.652 e. The van der Waals surface area contributed by atoms with Crippen LogP contribution >= 0.6 is 0 Å². The number of aliphatic hydroxyl groups excluding tert-OH is 3. The number of aromatic nitrogens is 6. The molecule has 1 aliphatic heterocycles. The molecule has 0 bridgehead atoms. The molecule has 4 aromatic carbocycles. The number of fused-ring (bicyclic) bond motifs is 3. The Morgan fingerprint density at radius 2 is 0.954 bits per heavy atom. The molecule has 712 valence electrons. The molecule has 3 saturated carbocycles. The van der Waals surface area contributed by atoms with Gasteiger partial charge in [0.1, 0.15) is 30.6 Å². The fraction of sp³-hybridized carbons (Fsp3) is 0.523. The standard InChI is InChI=1S/C36H45N9O5.C29H42N8O6.C23H39N8O7/c37-29(11-20-7-8-23-12-21-4-1-2-5-22(21)13-24(23)10-20)35(50)45-31-16-25(17-32(46)47)28(15-26(31)14-27-18-41-19-43-27)34(49)44-30(33(38)48)6-3-9-42-36(39)40;30-21(5-6-25(31)38)29(43)36-23-9-15(11-26(39)40)20(8-16(23)7-18-13-33-14-35-18)28(42)37-24(27(32)41)10-17-12-34-22-4-2-1-3-19(17)22;24-15(1-3-18(25)32)23(38)31-17-7-11(5-13-9-28-10-29-13)14(6-12(17)8-19(26)33)22(37)30-16(21(27)36)2-4-20(34)35/h1-2,4-5,7-8,10,12-13,18-19,25-26,28-31H,3,6,9,11,14-17,37H2,(H2,38,48)(H,41,43)(H,44,49)(H,45,50)(H,46,47)(H4,39,40,42);1-4,13-17,20-21,23-25,34,38H,5-12,30-31H2,(H2,32,41)(H,33,35)(H,36,43)(H,37,42)(H,39,40);9-12,14-19,25,32-33H,1-8,24,26H2,(H2,27,36)(H,28,29)(H,30,37)(H,31,38)(H,34,35)/q;;-1/p+2/t25?,26?,28-,29?,30?,31?;15?,16?,17?,20-,21?,23?,24?,25?;11-,12?,14-,15?,16?,17?,18?,19?/m000/s1. The van der Waals surface area contributed by atoms with Crippen molar-refractivity contribution < 1.29 is 110 Å². The van der Waals surface area contributed by atoms with Crippen LogP contribution in [-0.4, -0.2) is 214 Å². The minimum Gasteiger partial charge on any atom is -0.652 e. The summed E-state index contributed by atoms with van der Waals surface area (Å²) in [4.78, 5) is 176. The molecule has 0 saturated heterocycles. The van der Waals surface area contributed by atoms with E-state index in [-0.39, 0.29) is 131 Å². The van der Waals surface area contributed by atoms with E-state index in [0.717, 1.165) is 55.4 Å². The van der Waals surface area contributed by atoms with Crippen LogP contribution in [0.5, 0.6) is 0 Å². The van der Waals surface area contributed by atoms with Crippen molar-refractivity contribution in [2.45, 2.75) is 220 Å². The number of nitrogens with one attached hydrogen (secondary N) is 12. The van der Waals surface area contributed by atoms with Crippen molar-refractivity contribution in [1.29, 1.82) is 0 Å². The van der Waals surface area contributed by atoms with Crippen LogP contribution in [0.2, 0.25) is 0 Å². The highest BCUT2D eigenvalue weighted by Gasteiger charge is 2.47. The van der Waals surface area contributed by atoms with Gasteiger partial charge in [-0.25, -0.2) is 15.0 Å². The van der Waals surface area contributed by atoms with Gasteiger partial charge in [-0.3, -0.25) is 64.4 Å². The Labute approximate surface area is 755 Å². The van der Waals surface area contributed by atoms with Crippen LogP contribution in [0.25, 0.3) is 27.3 Å². The van der Waals surface area contributed by atoms with E-state index >= 15 is 0 Å². The van der Waals surface area contributed by atoms with Crippen LogP contribution in [0, 0.1) is 53.3 Å². The molecule has 43 nitrogen and oxygen atoms in total. The molecule has 11 rings (SSSR count). The van der Waals surface area contributed by atoms with E-state index in [2.05, 4.69) is 126 Å². The third-order valence-electron chi connectivity index (χ3n) is 25.3. The molecule has 131 heavy (non-hydrogen) atoms. The molecule has 4 aliphatic rings. The lowest BCUT2D eigenvalue weighted by Gasteiger charge is -2.42. The number of rotatable bonds is 44. The number of carboxylic acid groups (broad SMARTS) is 3. The number of benzene rings is 4. The van der Waals surface area contributed by atoms with Gasteiger partial charge < -0.3 is 144 Å². The molecule has 4 heterocycles. The maximum atomic E-state index is 13.8. The molecule has 3 aromatic heterocycles. The van der Waals surface area contributed by atoms with Gasteiger partial charge in [0.2, 0.25) is 35.4 Å². The maximum Gasteiger partial charge on any atom is 0.338 e. The average molecular weight is 1820 g/mol. The summed E-state index contributed by atoms with van der Waals surface area (Å²) < 4.78 is 0. The second-order valence-corrected chi connectivity index (χ2v) is 35.1. The van der Waals surface area contributed by atoms with Gasteiger partial charge in [0, 0.05) is 127 Å². The van der Waals surface area contributed by atoms with Crippen LogP contribution in [0.15, 0.2) is 116 Å². The first-order valence-electron chi connectivity index (χ1n) is 44.2. The highest BCUT2D eigenvalue weighted by Crippen LogP contribution is 2.43. The average Bonchev–Trinajstić information content (AvgIpc) is 1.46. The van der Waals surface area contributed by atoms with Gasteiger partial charge in [-0.15, -0.1) is 0 Å². The molecule has 3 aliphatic carbocycles. The normalized spacial score (nSPS) is 23.0. The number of carboxylic acids is 3. The van der Waals surface area contributed by atoms with Crippen LogP contribution in [0.4, 0.5) is 5.69 Å². The Morgan fingerprint density at radius 1 is 0.496 bits per heavy atom. The number of carbonyl (C=O) groups excluding carboxylic acids is 11. The number of imidazole rings is 3. The zero-order valence-electron chi connectivity index (χ0n) is 73.2. The Kier molecular flexibility index (Phi) is 38.5. The Balaban J connectivity index is 0.000000224. The summed E-state index contributed by atoms with van der Waals surface area (Å²) in [6, 6.07) is 19.9. The number of anilines is 1. The molecule has 18 unspecified atom stereocenters. The van der Waals surface area contributed by atoms with Gasteiger partial charge in [0.05, 0.1) is 25.5 Å². The molecule has 0 spiro atoms. The number of aromatic amines is 3. The molecule has 43 heteroatoms. The van der Waals surface area contributed by atoms with Crippen molar-refractivity contribution in [2.75, 3.05) is 18.4 Å². The number of hydrogen-bond donors (Lipinski definition) is 25. The number of quaternary nitrogens is 3. The van der Waals surface area contributed by atoms with Gasteiger partial charge >= 0.3 is 11.9 Å². The smallest absolute Gasteiger partial charge is 0.338 e. The lowest BCUT2D eigenvalue weighted by atomic mass is 9.68. The van der Waals surface area contributed by atoms with Gasteiger partial charge in [-0.1, -0.05) is 60.7 Å². The van der Waals surface area contributed by atoms with Gasteiger partial charge in [-0.2, -0.15) is 0 Å². The maximum absolute atomic E-state index is 13.8. The van der Waals surface area contributed by atoms with Crippen molar-refractivity contribution in [2.24, 2.45) is 93.4 Å². The number of hydrogen-bond acceptors (Lipinski definition) is 23. The molecule has 39 N–H and O–H groups in total. The van der Waals surface area contributed by atoms with E-state index in [1.165, 1.54) is 12.7 Å². The summed E-state index contributed by atoms with van der Waals surface area (Å²) >= 11 is 0. The molecular formula is C88H128N25O18+. The number of H-pyrrole nitrogens is 3. The van der Waals surface area contributed by atoms with Crippen LogP contribution in [0.3, 0.4) is 0 Å². The Bertz CT molecular complexity index is 5000. The molecular weight excluding hydrogens is 1700 g/mol. The lowest BCUT2D eigenvalue weighted by Crippen LogP contribution is -2.78. The van der Waals surface area contributed by atoms with Crippen LogP contribution < -0.4 is 110 Å². The van der Waals surface area contributed by atoms with E-state index in [9.17, 15) is 88.2 Å². The van der Waals surface area contributed by atoms with E-state index in [4.69, 9.17) is 45.9 Å². The minimum absolute atomic E-state index is 0.0388. The number of aliphatic carboxylic acids is 3. The minimum atomic E-state index is -1.38. The van der Waals surface area contributed by atoms with Gasteiger partial charge in [0.15, 0.2) is 18.1 Å². The third kappa shape index (κ3) is 31.6. The number of nitrogens with two attached hydrogens (primary N) is 7. The van der Waals surface area contributed by atoms with Gasteiger partial charge in [0.25, 0.3) is 17.7 Å². The van der Waals surface area contributed by atoms with Crippen molar-refractivity contribution in [1.82, 2.24) is 61.8 Å². The predicted octanol–water partition coefficient (Wildman–Crippen LogP) is -7.72. The number of para-hydroxylation sites is 1. The van der Waals surface area contributed by atoms with E-state index in [1.54, 1.807) is 24.9 Å². The number of carbonyl (C=O) groups is 12. The second kappa shape index (κ2) is 49.4. The Morgan fingerprint density at radius 3 is 1.44 bits per heavy atom. The summed E-state index contributed by atoms with van der Waals surface area (Å²) in [5.41, 5.74) is 63.1. The third-order valence-corrected chi connectivity index (χ3v) is 25.3. The van der Waals surface area contributed by atoms with Crippen LogP contribution in [0.1, 0.15) is 150 Å². The lowest BCUT2D eigenvalue weighted by molar-refractivity contribution is -0.459. The monoisotopic (exact) mass is 1820 g/mol. The highest BCUT2D eigenvalue weighted by atomic mass is 16.4. The second-order valence-electron chi connectivity index (χ2n) is 35.1. The Hall–Kier alpha value is -12.6. The number of primary amides is 3. The summed E-state index contributed by atoms with van der Waals surface area (Å²) in [5, 5.41) is 86.0. The van der Waals surface area contributed by atoms with E-state index in [1.807, 2.05) is 42.5 Å². The molecule has 22 atom stereocenters. The van der Waals surface area contributed by atoms with Gasteiger partial charge in [-0.05, 0) is 208 Å². The fourth-order valence-electron chi connectivity index (χ4n) is 18.5. The number of aliphatic hydroxyl groups is 3. The summed E-state index contributed by atoms with van der Waals surface area (Å²) in [5.74, 6) is -13.1. The molecule has 7 aromatic rings. The zero-order valence-corrected chi connectivity index (χ0v) is 73.2. The van der Waals surface area contributed by atoms with E-state index < -0.39 is 175 Å². The first-order valence-corrected chi connectivity index (χ1v) is 44.2. The fourth-order valence-corrected chi connectivity index (χ4v) is 18.5. The molecule has 0 radical (unpaired) electrons. The van der Waals surface area contributed by atoms with Crippen molar-refractivity contribution in [3.05, 3.63) is 150 Å². The summed E-state index contributed by atoms with van der Waals surface area (Å²) in [6.45, 7) is 0.979. The number of amides is 9. The van der Waals surface area contributed by atoms with E-state index in [0.29, 0.717) is 58.0 Å². The van der Waals surface area contributed by atoms with Crippen molar-refractivity contribution in [3.8, 4) is 0 Å². The predicted molar refractivity (Wildman–Crippen MR) is 471 cm³/mol. The van der Waals surface area contributed by atoms with Crippen molar-refractivity contribution >= 4 is 104 Å². The van der Waals surface area contributed by atoms with Crippen LogP contribution in [-0.2, 0) is 83.2 Å². The first-order chi connectivity index (χ1) is 62.3. The zero-order chi connectivity index (χ0) is 95.3. The first kappa shape index (κ1) is 102. The number of guanidine groups is 1. The quantitative estimate of drug-likeness (QED) is 0.00554. The molecule has 3 fully saturated rings. The number of nitrogens with zero attached hydrogens (tertiary/aromatic N) is 3. The van der Waals surface area contributed by atoms with Crippen molar-refractivity contribution in [3.63, 3.8) is 0 Å². The molecule has 9 amide bonds. The summed E-state index contributed by atoms with van der Waals surface area (Å²) in [6.07, 6.45) is 9.68. The topological polar surface area (TPSA) is 805 Å². The summed E-state index contributed by atoms with van der Waals surface area (Å²) in [7, 11) is 0. The SMILES string of the molecule is NC(=O)C(CC1CNc2ccccc21)NC(=O)[C@H]1CC(Cc2cnc[nH]2)C(NC(=O)C([NH3+])CCC(N)O)CC1CC(=O)[O-].NC(=O)C(CCC[NH+]=C(N)N)NC(=O)[C@H]1CC(Cc2cnc[nH]2)C(NC(=O)C([NH3+])Cc2ccc3cc4ccccc4cc3c2)CC1CC(=O)O.[NH-]C(O)CCC([NH3+])C(=O)NC1C[C@H](Cc2cnc[nH]2)[C@@H](C(=O)NC(CCC(=O)[O-])C(N)=O)CC1CC(N)O. The highest BCUT2D eigenvalue weighted by molar-refractivity contribution is 5.99.